The Kier molecular flexibility index (Phi) is 4.41. The smallest absolute Gasteiger partial charge is 0.320 e. The maximum atomic E-state index is 11.3. The summed E-state index contributed by atoms with van der Waals surface area (Å²) in [7, 11) is 1.40. The van der Waals surface area contributed by atoms with Crippen molar-refractivity contribution in [1.29, 1.82) is 0 Å². The lowest BCUT2D eigenvalue weighted by molar-refractivity contribution is -0.189. The number of esters is 1. The standard InChI is InChI=1S/C11H18BrNO4/c1-15-10(14)9(12)7-13-4-2-3-11(8-13)16-5-6-17-11/h9H,2-8H2,1H3. The first-order chi connectivity index (χ1) is 8.15. The molecule has 2 saturated heterocycles. The number of hydrogen-bond donors (Lipinski definition) is 0. The molecule has 6 heteroatoms. The van der Waals surface area contributed by atoms with E-state index in [1.165, 1.54) is 7.11 Å². The molecule has 0 aliphatic carbocycles. The van der Waals surface area contributed by atoms with Crippen molar-refractivity contribution in [3.05, 3.63) is 0 Å². The number of alkyl halides is 1. The van der Waals surface area contributed by atoms with Crippen LogP contribution < -0.4 is 0 Å². The van der Waals surface area contributed by atoms with E-state index in [0.717, 1.165) is 25.9 Å². The van der Waals surface area contributed by atoms with Gasteiger partial charge in [0, 0.05) is 13.0 Å². The predicted molar refractivity (Wildman–Crippen MR) is 65.0 cm³/mol. The quantitative estimate of drug-likeness (QED) is 0.569. The van der Waals surface area contributed by atoms with Crippen LogP contribution in [0.25, 0.3) is 0 Å². The molecule has 0 N–H and O–H groups in total. The fourth-order valence-electron chi connectivity index (χ4n) is 2.39. The second kappa shape index (κ2) is 5.65. The maximum Gasteiger partial charge on any atom is 0.320 e. The summed E-state index contributed by atoms with van der Waals surface area (Å²) < 4.78 is 16.1. The lowest BCUT2D eigenvalue weighted by Crippen LogP contribution is -2.51. The highest BCUT2D eigenvalue weighted by Crippen LogP contribution is 2.30. The molecule has 98 valence electrons. The van der Waals surface area contributed by atoms with Gasteiger partial charge in [-0.1, -0.05) is 15.9 Å². The van der Waals surface area contributed by atoms with Crippen LogP contribution >= 0.6 is 15.9 Å². The molecule has 0 aromatic rings. The maximum absolute atomic E-state index is 11.3. The molecule has 5 nitrogen and oxygen atoms in total. The number of hydrogen-bond acceptors (Lipinski definition) is 5. The van der Waals surface area contributed by atoms with Crippen LogP contribution in [-0.2, 0) is 19.0 Å². The molecule has 0 amide bonds. The Morgan fingerprint density at radius 1 is 1.53 bits per heavy atom. The van der Waals surface area contributed by atoms with Crippen molar-refractivity contribution in [2.45, 2.75) is 23.5 Å². The zero-order valence-electron chi connectivity index (χ0n) is 9.99. The molecule has 0 radical (unpaired) electrons. The molecule has 17 heavy (non-hydrogen) atoms. The third kappa shape index (κ3) is 3.19. The van der Waals surface area contributed by atoms with Gasteiger partial charge in [0.2, 0.25) is 0 Å². The summed E-state index contributed by atoms with van der Waals surface area (Å²) in [6, 6.07) is 0. The van der Waals surface area contributed by atoms with Crippen LogP contribution in [0.15, 0.2) is 0 Å². The number of carbonyl (C=O) groups is 1. The highest BCUT2D eigenvalue weighted by molar-refractivity contribution is 9.10. The third-order valence-corrected chi connectivity index (χ3v) is 3.85. The summed E-state index contributed by atoms with van der Waals surface area (Å²) in [6.07, 6.45) is 1.97. The average Bonchev–Trinajstić information content (AvgIpc) is 2.76. The second-order valence-corrected chi connectivity index (χ2v) is 5.54. The minimum Gasteiger partial charge on any atom is -0.468 e. The van der Waals surface area contributed by atoms with Gasteiger partial charge in [-0.05, 0) is 13.0 Å². The number of piperidine rings is 1. The monoisotopic (exact) mass is 307 g/mol. The van der Waals surface area contributed by atoms with Crippen LogP contribution in [0, 0.1) is 0 Å². The van der Waals surface area contributed by atoms with Crippen molar-refractivity contribution in [2.75, 3.05) is 40.0 Å². The lowest BCUT2D eigenvalue weighted by atomic mass is 10.0. The van der Waals surface area contributed by atoms with Gasteiger partial charge in [-0.2, -0.15) is 0 Å². The zero-order valence-corrected chi connectivity index (χ0v) is 11.6. The van der Waals surface area contributed by atoms with Gasteiger partial charge in [-0.15, -0.1) is 0 Å². The number of halogens is 1. The van der Waals surface area contributed by atoms with Crippen LogP contribution in [0.5, 0.6) is 0 Å². The zero-order chi connectivity index (χ0) is 12.3. The van der Waals surface area contributed by atoms with Crippen LogP contribution in [0.2, 0.25) is 0 Å². The van der Waals surface area contributed by atoms with E-state index in [4.69, 9.17) is 14.2 Å². The average molecular weight is 308 g/mol. The van der Waals surface area contributed by atoms with Crippen LogP contribution in [-0.4, -0.2) is 61.4 Å². The van der Waals surface area contributed by atoms with Gasteiger partial charge in [0.05, 0.1) is 26.9 Å². The molecule has 1 spiro atoms. The first kappa shape index (κ1) is 13.3. The van der Waals surface area contributed by atoms with E-state index in [1.807, 2.05) is 0 Å². The lowest BCUT2D eigenvalue weighted by Gasteiger charge is -2.39. The fraction of sp³-hybridized carbons (Fsp3) is 0.909. The third-order valence-electron chi connectivity index (χ3n) is 3.19. The van der Waals surface area contributed by atoms with Gasteiger partial charge >= 0.3 is 5.97 Å². The van der Waals surface area contributed by atoms with Crippen molar-refractivity contribution in [2.24, 2.45) is 0 Å². The van der Waals surface area contributed by atoms with Crippen molar-refractivity contribution in [3.63, 3.8) is 0 Å². The molecular weight excluding hydrogens is 290 g/mol. The minimum atomic E-state index is -0.429. The van der Waals surface area contributed by atoms with Crippen molar-refractivity contribution >= 4 is 21.9 Å². The SMILES string of the molecule is COC(=O)C(Br)CN1CCCC2(C1)OCCO2. The summed E-state index contributed by atoms with van der Waals surface area (Å²) in [5.74, 6) is -0.668. The first-order valence-electron chi connectivity index (χ1n) is 5.87. The van der Waals surface area contributed by atoms with Gasteiger partial charge in [0.1, 0.15) is 4.83 Å². The summed E-state index contributed by atoms with van der Waals surface area (Å²) in [4.78, 5) is 13.2. The number of likely N-dealkylation sites (tertiary alicyclic amines) is 1. The van der Waals surface area contributed by atoms with Crippen LogP contribution in [0.4, 0.5) is 0 Å². The minimum absolute atomic E-state index is 0.238. The van der Waals surface area contributed by atoms with E-state index in [1.54, 1.807) is 0 Å². The molecule has 0 bridgehead atoms. The van der Waals surface area contributed by atoms with E-state index in [9.17, 15) is 4.79 Å². The van der Waals surface area contributed by atoms with Gasteiger partial charge in [0.15, 0.2) is 5.79 Å². The van der Waals surface area contributed by atoms with Crippen LogP contribution in [0.3, 0.4) is 0 Å². The Balaban J connectivity index is 1.87. The predicted octanol–water partition coefficient (Wildman–Crippen LogP) is 0.762. The number of carbonyl (C=O) groups excluding carboxylic acids is 1. The van der Waals surface area contributed by atoms with Gasteiger partial charge < -0.3 is 14.2 Å². The molecule has 2 aliphatic heterocycles. The Morgan fingerprint density at radius 2 is 2.24 bits per heavy atom. The highest BCUT2D eigenvalue weighted by Gasteiger charge is 2.41. The van der Waals surface area contributed by atoms with E-state index in [-0.39, 0.29) is 10.8 Å². The van der Waals surface area contributed by atoms with Crippen molar-refractivity contribution in [1.82, 2.24) is 4.90 Å². The van der Waals surface area contributed by atoms with E-state index >= 15 is 0 Å². The van der Waals surface area contributed by atoms with E-state index in [2.05, 4.69) is 20.8 Å². The van der Waals surface area contributed by atoms with Gasteiger partial charge in [-0.25, -0.2) is 0 Å². The van der Waals surface area contributed by atoms with Crippen molar-refractivity contribution < 1.29 is 19.0 Å². The summed E-state index contributed by atoms with van der Waals surface area (Å²) in [5, 5.41) is 0. The summed E-state index contributed by atoms with van der Waals surface area (Å²) in [6.45, 7) is 3.66. The largest absolute Gasteiger partial charge is 0.468 e. The number of nitrogens with zero attached hydrogens (tertiary/aromatic N) is 1. The van der Waals surface area contributed by atoms with Gasteiger partial charge in [-0.3, -0.25) is 9.69 Å². The Bertz CT molecular complexity index is 281. The molecule has 1 unspecified atom stereocenters. The number of rotatable bonds is 3. The Labute approximate surface area is 110 Å². The number of methoxy groups -OCH3 is 1. The Morgan fingerprint density at radius 3 is 2.88 bits per heavy atom. The molecule has 2 fully saturated rings. The summed E-state index contributed by atoms with van der Waals surface area (Å²) in [5.41, 5.74) is 0. The summed E-state index contributed by atoms with van der Waals surface area (Å²) >= 11 is 3.34. The Hall–Kier alpha value is -0.170. The molecule has 2 heterocycles. The second-order valence-electron chi connectivity index (χ2n) is 4.44. The number of ether oxygens (including phenoxy) is 3. The van der Waals surface area contributed by atoms with E-state index < -0.39 is 5.79 Å². The molecule has 0 aromatic carbocycles. The first-order valence-corrected chi connectivity index (χ1v) is 6.79. The fourth-order valence-corrected chi connectivity index (χ4v) is 2.98. The van der Waals surface area contributed by atoms with Gasteiger partial charge in [0.25, 0.3) is 0 Å². The molecule has 0 saturated carbocycles. The highest BCUT2D eigenvalue weighted by atomic mass is 79.9. The molecular formula is C11H18BrNO4. The normalized spacial score (nSPS) is 26.0. The van der Waals surface area contributed by atoms with E-state index in [0.29, 0.717) is 19.8 Å². The molecule has 2 rings (SSSR count). The molecule has 1 atom stereocenters. The van der Waals surface area contributed by atoms with Crippen molar-refractivity contribution in [3.8, 4) is 0 Å². The van der Waals surface area contributed by atoms with Crippen LogP contribution in [0.1, 0.15) is 12.8 Å². The molecule has 0 aromatic heterocycles. The molecule has 2 aliphatic rings. The topological polar surface area (TPSA) is 48.0 Å².